The quantitative estimate of drug-likeness (QED) is 0.876. The van der Waals surface area contributed by atoms with Gasteiger partial charge in [0, 0.05) is 12.2 Å². The van der Waals surface area contributed by atoms with E-state index < -0.39 is 0 Å². The highest BCUT2D eigenvalue weighted by Crippen LogP contribution is 2.27. The minimum atomic E-state index is -0.328. The van der Waals surface area contributed by atoms with Gasteiger partial charge in [-0.3, -0.25) is 0 Å². The zero-order valence-electron chi connectivity index (χ0n) is 12.3. The van der Waals surface area contributed by atoms with Gasteiger partial charge in [-0.15, -0.1) is 5.10 Å². The third-order valence-electron chi connectivity index (χ3n) is 3.12. The first kappa shape index (κ1) is 14.4. The fourth-order valence-corrected chi connectivity index (χ4v) is 1.95. The van der Waals surface area contributed by atoms with Gasteiger partial charge >= 0.3 is 0 Å². The van der Waals surface area contributed by atoms with Gasteiger partial charge in [-0.25, -0.2) is 9.07 Å². The molecule has 0 saturated carbocycles. The normalized spacial score (nSPS) is 11.8. The lowest BCUT2D eigenvalue weighted by molar-refractivity contribution is 0.340. The molecule has 108 valence electrons. The maximum absolute atomic E-state index is 14.2. The van der Waals surface area contributed by atoms with Crippen LogP contribution in [0.15, 0.2) is 12.1 Å². The van der Waals surface area contributed by atoms with Gasteiger partial charge in [-0.1, -0.05) is 20.8 Å². The summed E-state index contributed by atoms with van der Waals surface area (Å²) >= 11 is 0. The van der Waals surface area contributed by atoms with Gasteiger partial charge in [-0.2, -0.15) is 0 Å². The number of rotatable bonds is 3. The van der Waals surface area contributed by atoms with Gasteiger partial charge < -0.3 is 5.73 Å². The number of halogens is 1. The molecule has 6 heteroatoms. The van der Waals surface area contributed by atoms with Crippen LogP contribution in [0, 0.1) is 18.2 Å². The summed E-state index contributed by atoms with van der Waals surface area (Å²) in [5.41, 5.74) is 7.29. The molecular formula is C14H20FN5. The smallest absolute Gasteiger partial charge is 0.185 e. The monoisotopic (exact) mass is 277 g/mol. The van der Waals surface area contributed by atoms with Crippen LogP contribution in [0.1, 0.15) is 32.8 Å². The maximum Gasteiger partial charge on any atom is 0.185 e. The highest BCUT2D eigenvalue weighted by atomic mass is 19.1. The van der Waals surface area contributed by atoms with E-state index in [2.05, 4.69) is 36.3 Å². The second kappa shape index (κ2) is 5.19. The Kier molecular flexibility index (Phi) is 3.74. The average molecular weight is 277 g/mol. The maximum atomic E-state index is 14.2. The highest BCUT2D eigenvalue weighted by molar-refractivity contribution is 5.63. The Labute approximate surface area is 118 Å². The molecule has 1 aromatic heterocycles. The number of benzene rings is 1. The summed E-state index contributed by atoms with van der Waals surface area (Å²) in [4.78, 5) is 0. The lowest BCUT2D eigenvalue weighted by Crippen LogP contribution is -2.12. The van der Waals surface area contributed by atoms with Crippen LogP contribution in [0.2, 0.25) is 0 Å². The van der Waals surface area contributed by atoms with Crippen molar-refractivity contribution in [1.82, 2.24) is 20.2 Å². The van der Waals surface area contributed by atoms with Crippen molar-refractivity contribution in [1.29, 1.82) is 0 Å². The van der Waals surface area contributed by atoms with Gasteiger partial charge in [-0.05, 0) is 46.9 Å². The number of hydrogen-bond acceptors (Lipinski definition) is 4. The van der Waals surface area contributed by atoms with Gasteiger partial charge in [0.15, 0.2) is 5.82 Å². The lowest BCUT2D eigenvalue weighted by Gasteiger charge is -2.18. The Morgan fingerprint density at radius 2 is 2.00 bits per heavy atom. The van der Waals surface area contributed by atoms with E-state index in [9.17, 15) is 4.39 Å². The van der Waals surface area contributed by atoms with Crippen molar-refractivity contribution in [2.45, 2.75) is 40.7 Å². The third kappa shape index (κ3) is 3.12. The molecule has 2 aromatic rings. The van der Waals surface area contributed by atoms with Crippen molar-refractivity contribution >= 4 is 5.69 Å². The number of nitrogen functional groups attached to an aromatic ring is 1. The molecule has 0 radical (unpaired) electrons. The molecule has 0 aliphatic rings. The van der Waals surface area contributed by atoms with E-state index in [0.717, 1.165) is 6.42 Å². The Bertz CT molecular complexity index is 613. The fourth-order valence-electron chi connectivity index (χ4n) is 1.95. The van der Waals surface area contributed by atoms with E-state index in [4.69, 9.17) is 5.73 Å². The van der Waals surface area contributed by atoms with Crippen LogP contribution in [-0.2, 0) is 6.54 Å². The topological polar surface area (TPSA) is 69.6 Å². The summed E-state index contributed by atoms with van der Waals surface area (Å²) in [6.45, 7) is 8.74. The zero-order valence-corrected chi connectivity index (χ0v) is 12.3. The van der Waals surface area contributed by atoms with E-state index in [1.165, 1.54) is 0 Å². The summed E-state index contributed by atoms with van der Waals surface area (Å²) in [6, 6.07) is 3.17. The molecule has 1 aromatic carbocycles. The third-order valence-corrected chi connectivity index (χ3v) is 3.12. The molecule has 2 N–H and O–H groups in total. The minimum absolute atomic E-state index is 0.160. The van der Waals surface area contributed by atoms with Crippen LogP contribution in [0.25, 0.3) is 11.4 Å². The van der Waals surface area contributed by atoms with E-state index in [1.54, 1.807) is 23.7 Å². The number of tetrazole rings is 1. The number of hydrogen-bond donors (Lipinski definition) is 1. The molecule has 0 aliphatic carbocycles. The van der Waals surface area contributed by atoms with Crippen molar-refractivity contribution in [2.75, 3.05) is 5.73 Å². The number of nitrogens with two attached hydrogens (primary N) is 1. The molecule has 0 fully saturated rings. The molecule has 20 heavy (non-hydrogen) atoms. The van der Waals surface area contributed by atoms with Gasteiger partial charge in [0.25, 0.3) is 0 Å². The number of anilines is 1. The van der Waals surface area contributed by atoms with E-state index in [-0.39, 0.29) is 11.2 Å². The molecule has 0 amide bonds. The Morgan fingerprint density at radius 3 is 2.65 bits per heavy atom. The zero-order chi connectivity index (χ0) is 14.9. The van der Waals surface area contributed by atoms with Crippen LogP contribution < -0.4 is 5.73 Å². The Morgan fingerprint density at radius 1 is 1.30 bits per heavy atom. The predicted molar refractivity (Wildman–Crippen MR) is 76.4 cm³/mol. The summed E-state index contributed by atoms with van der Waals surface area (Å²) in [6.07, 6.45) is 0.897. The summed E-state index contributed by atoms with van der Waals surface area (Å²) in [5.74, 6) is 0.0909. The largest absolute Gasteiger partial charge is 0.399 e. The first-order chi connectivity index (χ1) is 9.28. The molecule has 0 atom stereocenters. The molecule has 0 unspecified atom stereocenters. The molecule has 0 spiro atoms. The molecule has 0 bridgehead atoms. The molecule has 2 rings (SSSR count). The van der Waals surface area contributed by atoms with E-state index in [1.807, 2.05) is 0 Å². The van der Waals surface area contributed by atoms with Crippen molar-refractivity contribution in [3.05, 3.63) is 23.5 Å². The second-order valence-electron chi connectivity index (χ2n) is 6.24. The van der Waals surface area contributed by atoms with Crippen LogP contribution >= 0.6 is 0 Å². The minimum Gasteiger partial charge on any atom is -0.399 e. The lowest BCUT2D eigenvalue weighted by atomic mass is 9.92. The van der Waals surface area contributed by atoms with Gasteiger partial charge in [0.2, 0.25) is 0 Å². The SMILES string of the molecule is Cc1cc(N)cc(-c2nnnn2CCC(C)(C)C)c1F. The highest BCUT2D eigenvalue weighted by Gasteiger charge is 2.18. The average Bonchev–Trinajstić information content (AvgIpc) is 2.78. The summed E-state index contributed by atoms with van der Waals surface area (Å²) < 4.78 is 15.9. The molecule has 0 saturated heterocycles. The molecule has 1 heterocycles. The van der Waals surface area contributed by atoms with Crippen molar-refractivity contribution in [2.24, 2.45) is 5.41 Å². The van der Waals surface area contributed by atoms with E-state index in [0.29, 0.717) is 29.2 Å². The number of nitrogens with zero attached hydrogens (tertiary/aromatic N) is 4. The van der Waals surface area contributed by atoms with E-state index >= 15 is 0 Å². The predicted octanol–water partition coefficient (Wildman–Crippen LogP) is 2.81. The first-order valence-corrected chi connectivity index (χ1v) is 6.60. The van der Waals surface area contributed by atoms with Gasteiger partial charge in [0.05, 0.1) is 5.56 Å². The fraction of sp³-hybridized carbons (Fsp3) is 0.500. The first-order valence-electron chi connectivity index (χ1n) is 6.60. The van der Waals surface area contributed by atoms with Crippen LogP contribution in [0.5, 0.6) is 0 Å². The Balaban J connectivity index is 2.37. The summed E-state index contributed by atoms with van der Waals surface area (Å²) in [5, 5.41) is 11.5. The molecule has 0 aliphatic heterocycles. The Hall–Kier alpha value is -1.98. The van der Waals surface area contributed by atoms with Crippen LogP contribution in [-0.4, -0.2) is 20.2 Å². The van der Waals surface area contributed by atoms with Crippen LogP contribution in [0.3, 0.4) is 0 Å². The van der Waals surface area contributed by atoms with Gasteiger partial charge in [0.1, 0.15) is 5.82 Å². The molecule has 5 nitrogen and oxygen atoms in total. The standard InChI is InChI=1S/C14H20FN5/c1-9-7-10(16)8-11(12(9)15)13-17-18-19-20(13)6-5-14(2,3)4/h7-8H,5-6,16H2,1-4H3. The number of aromatic nitrogens is 4. The number of aryl methyl sites for hydroxylation is 2. The second-order valence-corrected chi connectivity index (χ2v) is 6.24. The van der Waals surface area contributed by atoms with Crippen LogP contribution in [0.4, 0.5) is 10.1 Å². The summed E-state index contributed by atoms with van der Waals surface area (Å²) in [7, 11) is 0. The molecular weight excluding hydrogens is 257 g/mol. The van der Waals surface area contributed by atoms with Crippen molar-refractivity contribution < 1.29 is 4.39 Å². The van der Waals surface area contributed by atoms with Crippen molar-refractivity contribution in [3.63, 3.8) is 0 Å². The van der Waals surface area contributed by atoms with Crippen molar-refractivity contribution in [3.8, 4) is 11.4 Å².